The summed E-state index contributed by atoms with van der Waals surface area (Å²) in [5.74, 6) is 0. The monoisotopic (exact) mass is 207 g/mol. The average molecular weight is 207 g/mol. The molecule has 0 aliphatic carbocycles. The first-order valence-corrected chi connectivity index (χ1v) is 5.46. The molecule has 2 N–H and O–H groups in total. The first-order chi connectivity index (χ1) is 7.02. The molecule has 0 aliphatic rings. The van der Waals surface area contributed by atoms with Gasteiger partial charge >= 0.3 is 0 Å². The van der Waals surface area contributed by atoms with E-state index in [4.69, 9.17) is 10.5 Å². The van der Waals surface area contributed by atoms with Gasteiger partial charge < -0.3 is 10.5 Å². The van der Waals surface area contributed by atoms with Gasteiger partial charge in [-0.1, -0.05) is 29.3 Å². The summed E-state index contributed by atoms with van der Waals surface area (Å²) in [4.78, 5) is 0. The Morgan fingerprint density at radius 3 is 2.07 bits per heavy atom. The Morgan fingerprint density at radius 2 is 1.67 bits per heavy atom. The van der Waals surface area contributed by atoms with Crippen LogP contribution in [-0.4, -0.2) is 12.6 Å². The van der Waals surface area contributed by atoms with Crippen LogP contribution in [0.1, 0.15) is 36.6 Å². The molecule has 0 fully saturated rings. The van der Waals surface area contributed by atoms with E-state index >= 15 is 0 Å². The summed E-state index contributed by atoms with van der Waals surface area (Å²) in [5.41, 5.74) is 9.43. The van der Waals surface area contributed by atoms with Crippen molar-refractivity contribution >= 4 is 0 Å². The normalized spacial score (nSPS) is 13.2. The number of aryl methyl sites for hydroxylation is 2. The molecule has 0 heterocycles. The van der Waals surface area contributed by atoms with Crippen LogP contribution in [0, 0.1) is 13.8 Å². The van der Waals surface area contributed by atoms with Crippen LogP contribution in [0.2, 0.25) is 0 Å². The van der Waals surface area contributed by atoms with Crippen molar-refractivity contribution in [3.63, 3.8) is 0 Å². The van der Waals surface area contributed by atoms with Gasteiger partial charge in [-0.05, 0) is 33.3 Å². The van der Waals surface area contributed by atoms with Gasteiger partial charge in [-0.2, -0.15) is 0 Å². The van der Waals surface area contributed by atoms with E-state index in [0.29, 0.717) is 6.54 Å². The smallest absolute Gasteiger partial charge is 0.0950 e. The Bertz CT molecular complexity index is 300. The molecule has 0 amide bonds. The second-order valence-corrected chi connectivity index (χ2v) is 4.33. The van der Waals surface area contributed by atoms with Crippen molar-refractivity contribution in [2.24, 2.45) is 5.73 Å². The summed E-state index contributed by atoms with van der Waals surface area (Å²) in [7, 11) is 0. The first-order valence-electron chi connectivity index (χ1n) is 5.46. The van der Waals surface area contributed by atoms with E-state index in [1.165, 1.54) is 16.7 Å². The minimum absolute atomic E-state index is 0.0172. The molecule has 1 aromatic carbocycles. The van der Waals surface area contributed by atoms with Crippen molar-refractivity contribution in [3.05, 3.63) is 34.9 Å². The Hall–Kier alpha value is -0.860. The first kappa shape index (κ1) is 12.2. The Kier molecular flexibility index (Phi) is 4.30. The van der Waals surface area contributed by atoms with Crippen LogP contribution in [0.15, 0.2) is 18.2 Å². The summed E-state index contributed by atoms with van der Waals surface area (Å²) < 4.78 is 5.77. The van der Waals surface area contributed by atoms with Crippen LogP contribution in [0.4, 0.5) is 0 Å². The summed E-state index contributed by atoms with van der Waals surface area (Å²) in [6.07, 6.45) is 0.225. The van der Waals surface area contributed by atoms with E-state index < -0.39 is 0 Å². The molecule has 0 aliphatic heterocycles. The zero-order chi connectivity index (χ0) is 11.4. The van der Waals surface area contributed by atoms with Gasteiger partial charge in [0.25, 0.3) is 0 Å². The molecular formula is C13H21NO. The third kappa shape index (κ3) is 3.65. The lowest BCUT2D eigenvalue weighted by Gasteiger charge is -2.20. The predicted molar refractivity (Wildman–Crippen MR) is 63.9 cm³/mol. The fourth-order valence-electron chi connectivity index (χ4n) is 1.79. The highest BCUT2D eigenvalue weighted by Crippen LogP contribution is 2.20. The highest BCUT2D eigenvalue weighted by Gasteiger charge is 2.12. The molecule has 0 saturated heterocycles. The van der Waals surface area contributed by atoms with Crippen molar-refractivity contribution in [2.45, 2.75) is 39.9 Å². The zero-order valence-corrected chi connectivity index (χ0v) is 10.1. The number of hydrogen-bond donors (Lipinski definition) is 1. The van der Waals surface area contributed by atoms with Crippen LogP contribution < -0.4 is 5.73 Å². The van der Waals surface area contributed by atoms with Gasteiger partial charge in [0.15, 0.2) is 0 Å². The minimum Gasteiger partial charge on any atom is -0.370 e. The zero-order valence-electron chi connectivity index (χ0n) is 10.1. The van der Waals surface area contributed by atoms with E-state index in [1.807, 2.05) is 13.8 Å². The van der Waals surface area contributed by atoms with Crippen molar-refractivity contribution < 1.29 is 4.74 Å². The molecule has 1 unspecified atom stereocenters. The van der Waals surface area contributed by atoms with Crippen molar-refractivity contribution in [1.29, 1.82) is 0 Å². The summed E-state index contributed by atoms with van der Waals surface area (Å²) in [6.45, 7) is 8.79. The van der Waals surface area contributed by atoms with Crippen LogP contribution in [0.5, 0.6) is 0 Å². The number of nitrogens with two attached hydrogens (primary N) is 1. The number of rotatable bonds is 4. The van der Waals surface area contributed by atoms with Crippen molar-refractivity contribution in [1.82, 2.24) is 0 Å². The topological polar surface area (TPSA) is 35.2 Å². The van der Waals surface area contributed by atoms with E-state index in [1.54, 1.807) is 0 Å². The maximum atomic E-state index is 5.77. The molecule has 1 atom stereocenters. The average Bonchev–Trinajstić information content (AvgIpc) is 2.12. The van der Waals surface area contributed by atoms with Crippen LogP contribution in [0.25, 0.3) is 0 Å². The lowest BCUT2D eigenvalue weighted by Crippen LogP contribution is -2.19. The van der Waals surface area contributed by atoms with Crippen molar-refractivity contribution in [2.75, 3.05) is 6.54 Å². The largest absolute Gasteiger partial charge is 0.370 e. The number of hydrogen-bond acceptors (Lipinski definition) is 2. The Morgan fingerprint density at radius 1 is 1.13 bits per heavy atom. The minimum atomic E-state index is 0.0172. The standard InChI is InChI=1S/C13H21NO/c1-9(2)15-13(8-14)12-6-10(3)5-11(4)7-12/h5-7,9,13H,8,14H2,1-4H3. The van der Waals surface area contributed by atoms with Crippen LogP contribution in [-0.2, 0) is 4.74 Å². The molecule has 0 bridgehead atoms. The maximum Gasteiger partial charge on any atom is 0.0950 e. The van der Waals surface area contributed by atoms with E-state index in [0.717, 1.165) is 0 Å². The van der Waals surface area contributed by atoms with Gasteiger partial charge in [0.05, 0.1) is 12.2 Å². The van der Waals surface area contributed by atoms with E-state index in [-0.39, 0.29) is 12.2 Å². The molecule has 2 nitrogen and oxygen atoms in total. The Balaban J connectivity index is 2.91. The van der Waals surface area contributed by atoms with Gasteiger partial charge in [0.2, 0.25) is 0 Å². The lowest BCUT2D eigenvalue weighted by molar-refractivity contribution is 0.0119. The lowest BCUT2D eigenvalue weighted by atomic mass is 10.0. The fourth-order valence-corrected chi connectivity index (χ4v) is 1.79. The molecule has 0 saturated carbocycles. The molecule has 1 aromatic rings. The van der Waals surface area contributed by atoms with Crippen LogP contribution >= 0.6 is 0 Å². The third-order valence-electron chi connectivity index (χ3n) is 2.27. The third-order valence-corrected chi connectivity index (χ3v) is 2.27. The second-order valence-electron chi connectivity index (χ2n) is 4.33. The number of benzene rings is 1. The SMILES string of the molecule is Cc1cc(C)cc(C(CN)OC(C)C)c1. The molecule has 0 spiro atoms. The van der Waals surface area contributed by atoms with E-state index in [2.05, 4.69) is 32.0 Å². The second kappa shape index (κ2) is 5.29. The highest BCUT2D eigenvalue weighted by molar-refractivity contribution is 5.30. The van der Waals surface area contributed by atoms with Gasteiger partial charge in [-0.25, -0.2) is 0 Å². The quantitative estimate of drug-likeness (QED) is 0.824. The van der Waals surface area contributed by atoms with Gasteiger partial charge in [0.1, 0.15) is 0 Å². The summed E-state index contributed by atoms with van der Waals surface area (Å²) >= 11 is 0. The molecule has 0 aromatic heterocycles. The number of ether oxygens (including phenoxy) is 1. The van der Waals surface area contributed by atoms with Gasteiger partial charge in [0, 0.05) is 6.54 Å². The summed E-state index contributed by atoms with van der Waals surface area (Å²) in [5, 5.41) is 0. The molecule has 1 rings (SSSR count). The fraction of sp³-hybridized carbons (Fsp3) is 0.538. The molecule has 2 heteroatoms. The highest BCUT2D eigenvalue weighted by atomic mass is 16.5. The Labute approximate surface area is 92.4 Å². The molecule has 0 radical (unpaired) electrons. The summed E-state index contributed by atoms with van der Waals surface area (Å²) in [6, 6.07) is 6.45. The van der Waals surface area contributed by atoms with Crippen molar-refractivity contribution in [3.8, 4) is 0 Å². The van der Waals surface area contributed by atoms with Crippen LogP contribution in [0.3, 0.4) is 0 Å². The molecular weight excluding hydrogens is 186 g/mol. The van der Waals surface area contributed by atoms with E-state index in [9.17, 15) is 0 Å². The molecule has 15 heavy (non-hydrogen) atoms. The van der Waals surface area contributed by atoms with Gasteiger partial charge in [-0.15, -0.1) is 0 Å². The predicted octanol–water partition coefficient (Wildman–Crippen LogP) is 2.73. The molecule has 84 valence electrons. The van der Waals surface area contributed by atoms with Gasteiger partial charge in [-0.3, -0.25) is 0 Å². The maximum absolute atomic E-state index is 5.77.